The molecule has 0 radical (unpaired) electrons. The molecule has 3 N–H and O–H groups in total. The van der Waals surface area contributed by atoms with E-state index in [9.17, 15) is 9.90 Å². The zero-order valence-corrected chi connectivity index (χ0v) is 16.2. The summed E-state index contributed by atoms with van der Waals surface area (Å²) in [7, 11) is 0. The fourth-order valence-corrected chi connectivity index (χ4v) is 3.73. The third-order valence-corrected chi connectivity index (χ3v) is 4.82. The third-order valence-electron chi connectivity index (χ3n) is 2.96. The van der Waals surface area contributed by atoms with Crippen LogP contribution in [0.1, 0.15) is 12.6 Å². The lowest BCUT2D eigenvalue weighted by molar-refractivity contribution is -0.114. The van der Waals surface area contributed by atoms with Crippen molar-refractivity contribution in [3.8, 4) is 16.3 Å². The Kier molecular flexibility index (Phi) is 5.92. The van der Waals surface area contributed by atoms with Gasteiger partial charge >= 0.3 is 0 Å². The molecule has 0 unspecified atom stereocenters. The SMILES string of the molecule is Br.CC(=O)Nc1nc(C)c(-c2csc(Nc3ccccc3O)n2)s1. The smallest absolute Gasteiger partial charge is 0.223 e. The minimum Gasteiger partial charge on any atom is -0.506 e. The monoisotopic (exact) mass is 426 g/mol. The number of phenolic OH excluding ortho intramolecular Hbond substituents is 1. The molecule has 0 saturated heterocycles. The fourth-order valence-electron chi connectivity index (χ4n) is 1.97. The van der Waals surface area contributed by atoms with Gasteiger partial charge in [-0.1, -0.05) is 23.5 Å². The summed E-state index contributed by atoms with van der Waals surface area (Å²) in [6.45, 7) is 3.33. The van der Waals surface area contributed by atoms with Gasteiger partial charge in [-0.15, -0.1) is 28.3 Å². The van der Waals surface area contributed by atoms with Crippen LogP contribution >= 0.6 is 39.7 Å². The topological polar surface area (TPSA) is 87.1 Å². The van der Waals surface area contributed by atoms with Gasteiger partial charge in [0, 0.05) is 12.3 Å². The number of aryl methyl sites for hydroxylation is 1. The first kappa shape index (κ1) is 18.4. The predicted octanol–water partition coefficient (Wildman–Crippen LogP) is 4.56. The zero-order chi connectivity index (χ0) is 16.4. The lowest BCUT2D eigenvalue weighted by atomic mass is 10.3. The van der Waals surface area contributed by atoms with Crippen LogP contribution in [-0.2, 0) is 4.79 Å². The van der Waals surface area contributed by atoms with Gasteiger partial charge in [0.15, 0.2) is 10.3 Å². The average Bonchev–Trinajstić information content (AvgIpc) is 3.07. The molecule has 0 fully saturated rings. The predicted molar refractivity (Wildman–Crippen MR) is 104 cm³/mol. The van der Waals surface area contributed by atoms with E-state index in [4.69, 9.17) is 0 Å². The summed E-state index contributed by atoms with van der Waals surface area (Å²) in [5.74, 6) is 0.0247. The average molecular weight is 427 g/mol. The van der Waals surface area contributed by atoms with Gasteiger partial charge in [-0.2, -0.15) is 0 Å². The molecule has 24 heavy (non-hydrogen) atoms. The number of carbonyl (C=O) groups is 1. The second kappa shape index (κ2) is 7.73. The molecule has 0 aliphatic rings. The number of thiazole rings is 2. The highest BCUT2D eigenvalue weighted by Gasteiger charge is 2.14. The molecular weight excluding hydrogens is 412 g/mol. The number of halogens is 1. The van der Waals surface area contributed by atoms with Crippen molar-refractivity contribution in [3.05, 3.63) is 35.3 Å². The number of carbonyl (C=O) groups excluding carboxylic acids is 1. The minimum absolute atomic E-state index is 0. The normalized spacial score (nSPS) is 10.1. The molecule has 0 saturated carbocycles. The Morgan fingerprint density at radius 3 is 2.67 bits per heavy atom. The van der Waals surface area contributed by atoms with Gasteiger partial charge in [0.25, 0.3) is 0 Å². The van der Waals surface area contributed by atoms with E-state index in [0.717, 1.165) is 16.3 Å². The van der Waals surface area contributed by atoms with Crippen LogP contribution < -0.4 is 10.6 Å². The van der Waals surface area contributed by atoms with Crippen molar-refractivity contribution >= 4 is 61.5 Å². The summed E-state index contributed by atoms with van der Waals surface area (Å²) in [6, 6.07) is 6.99. The molecular formula is C15H15BrN4O2S2. The first-order valence-corrected chi connectivity index (χ1v) is 8.48. The second-order valence-corrected chi connectivity index (χ2v) is 6.65. The van der Waals surface area contributed by atoms with Crippen LogP contribution in [0.2, 0.25) is 0 Å². The maximum absolute atomic E-state index is 11.1. The molecule has 1 amide bonds. The summed E-state index contributed by atoms with van der Waals surface area (Å²) < 4.78 is 0. The number of hydrogen-bond donors (Lipinski definition) is 3. The van der Waals surface area contributed by atoms with Gasteiger partial charge < -0.3 is 15.7 Å². The summed E-state index contributed by atoms with van der Waals surface area (Å²) in [4.78, 5) is 20.9. The number of benzene rings is 1. The lowest BCUT2D eigenvalue weighted by Crippen LogP contribution is -2.04. The van der Waals surface area contributed by atoms with E-state index < -0.39 is 0 Å². The van der Waals surface area contributed by atoms with E-state index in [1.54, 1.807) is 18.2 Å². The van der Waals surface area contributed by atoms with Crippen LogP contribution in [0.5, 0.6) is 5.75 Å². The minimum atomic E-state index is -0.148. The number of phenols is 1. The quantitative estimate of drug-likeness (QED) is 0.532. The highest BCUT2D eigenvalue weighted by molar-refractivity contribution is 8.93. The molecule has 3 rings (SSSR count). The summed E-state index contributed by atoms with van der Waals surface area (Å²) in [6.07, 6.45) is 0. The van der Waals surface area contributed by atoms with Gasteiger partial charge in [0.2, 0.25) is 5.91 Å². The van der Waals surface area contributed by atoms with Crippen LogP contribution in [0.25, 0.3) is 10.6 Å². The number of aromatic nitrogens is 2. The molecule has 0 aliphatic heterocycles. The molecule has 0 spiro atoms. The molecule has 9 heteroatoms. The Balaban J connectivity index is 0.00000208. The van der Waals surface area contributed by atoms with Gasteiger partial charge in [0.05, 0.1) is 22.0 Å². The van der Waals surface area contributed by atoms with Gasteiger partial charge in [-0.05, 0) is 19.1 Å². The largest absolute Gasteiger partial charge is 0.506 e. The van der Waals surface area contributed by atoms with Gasteiger partial charge in [-0.25, -0.2) is 9.97 Å². The van der Waals surface area contributed by atoms with Crippen molar-refractivity contribution in [3.63, 3.8) is 0 Å². The number of para-hydroxylation sites is 2. The molecule has 0 aliphatic carbocycles. The number of nitrogens with one attached hydrogen (secondary N) is 2. The number of amides is 1. The number of anilines is 3. The first-order chi connectivity index (χ1) is 11.0. The Labute approximate surface area is 157 Å². The lowest BCUT2D eigenvalue weighted by Gasteiger charge is -2.03. The van der Waals surface area contributed by atoms with Crippen LogP contribution in [0.15, 0.2) is 29.6 Å². The summed E-state index contributed by atoms with van der Waals surface area (Å²) >= 11 is 2.83. The summed E-state index contributed by atoms with van der Waals surface area (Å²) in [5, 5.41) is 18.7. The molecule has 6 nitrogen and oxygen atoms in total. The van der Waals surface area contributed by atoms with Crippen molar-refractivity contribution < 1.29 is 9.90 Å². The number of hydrogen-bond acceptors (Lipinski definition) is 7. The first-order valence-electron chi connectivity index (χ1n) is 6.79. The Morgan fingerprint density at radius 1 is 1.21 bits per heavy atom. The molecule has 1 aromatic carbocycles. The number of nitrogens with zero attached hydrogens (tertiary/aromatic N) is 2. The van der Waals surface area contributed by atoms with Crippen molar-refractivity contribution in [2.24, 2.45) is 0 Å². The highest BCUT2D eigenvalue weighted by Crippen LogP contribution is 2.36. The van der Waals surface area contributed by atoms with E-state index in [0.29, 0.717) is 16.0 Å². The van der Waals surface area contributed by atoms with Crippen LogP contribution in [-0.4, -0.2) is 21.0 Å². The Hall–Kier alpha value is -1.97. The van der Waals surface area contributed by atoms with Crippen LogP contribution in [0.3, 0.4) is 0 Å². The van der Waals surface area contributed by atoms with Crippen LogP contribution in [0, 0.1) is 6.92 Å². The second-order valence-electron chi connectivity index (χ2n) is 4.79. The number of aromatic hydroxyl groups is 1. The van der Waals surface area contributed by atoms with Crippen molar-refractivity contribution in [2.75, 3.05) is 10.6 Å². The third kappa shape index (κ3) is 4.11. The maximum Gasteiger partial charge on any atom is 0.223 e. The van der Waals surface area contributed by atoms with E-state index in [1.165, 1.54) is 29.6 Å². The fraction of sp³-hybridized carbons (Fsp3) is 0.133. The van der Waals surface area contributed by atoms with Crippen molar-refractivity contribution in [1.82, 2.24) is 9.97 Å². The Bertz CT molecular complexity index is 863. The molecule has 2 aromatic heterocycles. The van der Waals surface area contributed by atoms with Gasteiger partial charge in [0.1, 0.15) is 5.75 Å². The van der Waals surface area contributed by atoms with Gasteiger partial charge in [-0.3, -0.25) is 4.79 Å². The number of rotatable bonds is 4. The molecule has 126 valence electrons. The standard InChI is InChI=1S/C15H14N4O2S2.BrH/c1-8-13(23-15(16-8)17-9(2)20)11-7-22-14(19-11)18-10-5-3-4-6-12(10)21;/h3-7,21H,1-2H3,(H,18,19)(H,16,17,20);1H. The van der Waals surface area contributed by atoms with E-state index in [1.807, 2.05) is 18.4 Å². The summed E-state index contributed by atoms with van der Waals surface area (Å²) in [5.41, 5.74) is 2.21. The van der Waals surface area contributed by atoms with Crippen molar-refractivity contribution in [1.29, 1.82) is 0 Å². The zero-order valence-electron chi connectivity index (χ0n) is 12.9. The highest BCUT2D eigenvalue weighted by atomic mass is 79.9. The van der Waals surface area contributed by atoms with E-state index in [-0.39, 0.29) is 28.6 Å². The maximum atomic E-state index is 11.1. The molecule has 0 atom stereocenters. The molecule has 2 heterocycles. The van der Waals surface area contributed by atoms with Crippen molar-refractivity contribution in [2.45, 2.75) is 13.8 Å². The van der Waals surface area contributed by atoms with E-state index >= 15 is 0 Å². The molecule has 3 aromatic rings. The Morgan fingerprint density at radius 2 is 1.96 bits per heavy atom. The van der Waals surface area contributed by atoms with E-state index in [2.05, 4.69) is 20.6 Å². The molecule has 0 bridgehead atoms. The van der Waals surface area contributed by atoms with Crippen LogP contribution in [0.4, 0.5) is 16.0 Å².